The zero-order chi connectivity index (χ0) is 18.2. The molecule has 2 N–H and O–H groups in total. The molecule has 2 amide bonds. The number of amides is 2. The van der Waals surface area contributed by atoms with Crippen molar-refractivity contribution >= 4 is 17.5 Å². The lowest BCUT2D eigenvalue weighted by molar-refractivity contribution is -0.895. The van der Waals surface area contributed by atoms with Gasteiger partial charge >= 0.3 is 0 Å². The Balaban J connectivity index is 1.90. The fraction of sp³-hybridized carbons (Fsp3) is 0.556. The van der Waals surface area contributed by atoms with Gasteiger partial charge in [-0.2, -0.15) is 0 Å². The Morgan fingerprint density at radius 3 is 2.36 bits per heavy atom. The van der Waals surface area contributed by atoms with Gasteiger partial charge in [0.2, 0.25) is 5.91 Å². The average molecular weight is 350 g/mol. The normalized spacial score (nSPS) is 14.9. The third-order valence-corrected chi connectivity index (χ3v) is 4.15. The summed E-state index contributed by atoms with van der Waals surface area (Å²) >= 11 is 0. The van der Waals surface area contributed by atoms with Gasteiger partial charge in [-0.1, -0.05) is 0 Å². The van der Waals surface area contributed by atoms with Gasteiger partial charge < -0.3 is 24.6 Å². The molecule has 1 aromatic carbocycles. The molecule has 0 radical (unpaired) electrons. The van der Waals surface area contributed by atoms with Crippen LogP contribution in [-0.4, -0.2) is 62.7 Å². The van der Waals surface area contributed by atoms with Crippen molar-refractivity contribution in [3.8, 4) is 11.5 Å². The molecule has 1 heterocycles. The molecule has 138 valence electrons. The first kappa shape index (κ1) is 19.1. The molecule has 1 fully saturated rings. The Bertz CT molecular complexity index is 598. The van der Waals surface area contributed by atoms with Crippen LogP contribution in [0, 0.1) is 0 Å². The molecule has 1 aliphatic heterocycles. The second kappa shape index (κ2) is 9.27. The highest BCUT2D eigenvalue weighted by atomic mass is 16.5. The molecule has 0 bridgehead atoms. The average Bonchev–Trinajstić information content (AvgIpc) is 2.58. The maximum Gasteiger partial charge on any atom is 0.279 e. The van der Waals surface area contributed by atoms with Gasteiger partial charge in [0.05, 0.1) is 39.4 Å². The fourth-order valence-electron chi connectivity index (χ4n) is 2.88. The molecule has 0 saturated carbocycles. The lowest BCUT2D eigenvalue weighted by Gasteiger charge is -2.31. The van der Waals surface area contributed by atoms with Crippen LogP contribution in [-0.2, 0) is 9.59 Å². The van der Waals surface area contributed by atoms with Crippen LogP contribution in [0.2, 0.25) is 0 Å². The minimum atomic E-state index is -0.0436. The maximum absolute atomic E-state index is 12.3. The highest BCUT2D eigenvalue weighted by Crippen LogP contribution is 2.30. The van der Waals surface area contributed by atoms with E-state index >= 15 is 0 Å². The molecule has 1 aromatic rings. The first-order valence-electron chi connectivity index (χ1n) is 8.82. The van der Waals surface area contributed by atoms with E-state index in [2.05, 4.69) is 5.32 Å². The van der Waals surface area contributed by atoms with E-state index in [0.717, 1.165) is 13.1 Å². The number of hydrogen-bond donors (Lipinski definition) is 2. The summed E-state index contributed by atoms with van der Waals surface area (Å²) in [6.07, 6.45) is 0. The van der Waals surface area contributed by atoms with Crippen LogP contribution in [0.15, 0.2) is 18.2 Å². The van der Waals surface area contributed by atoms with E-state index in [-0.39, 0.29) is 11.8 Å². The smallest absolute Gasteiger partial charge is 0.279 e. The van der Waals surface area contributed by atoms with Gasteiger partial charge in [-0.3, -0.25) is 9.59 Å². The monoisotopic (exact) mass is 350 g/mol. The number of piperazine rings is 1. The fourth-order valence-corrected chi connectivity index (χ4v) is 2.88. The number of quaternary nitrogens is 1. The topological polar surface area (TPSA) is 72.3 Å². The van der Waals surface area contributed by atoms with Crippen LogP contribution >= 0.6 is 0 Å². The summed E-state index contributed by atoms with van der Waals surface area (Å²) < 4.78 is 11.1. The molecule has 0 aliphatic carbocycles. The third-order valence-electron chi connectivity index (χ3n) is 4.15. The number of ether oxygens (including phenoxy) is 2. The van der Waals surface area contributed by atoms with E-state index in [1.807, 2.05) is 30.9 Å². The Morgan fingerprint density at radius 2 is 1.76 bits per heavy atom. The van der Waals surface area contributed by atoms with Gasteiger partial charge in [0, 0.05) is 18.7 Å². The minimum Gasteiger partial charge on any atom is -0.490 e. The molecular weight excluding hydrogens is 322 g/mol. The first-order chi connectivity index (χ1) is 12.0. The molecule has 0 unspecified atom stereocenters. The lowest BCUT2D eigenvalue weighted by atomic mass is 10.2. The number of benzene rings is 1. The SMILES string of the molecule is CCOc1ccc(NC(=O)C[NH+]2CCN(C(C)=O)CC2)cc1OCC. The van der Waals surface area contributed by atoms with Gasteiger partial charge in [-0.05, 0) is 26.0 Å². The summed E-state index contributed by atoms with van der Waals surface area (Å²) in [4.78, 5) is 26.6. The molecule has 1 aliphatic rings. The lowest BCUT2D eigenvalue weighted by Crippen LogP contribution is -3.15. The summed E-state index contributed by atoms with van der Waals surface area (Å²) in [6.45, 7) is 9.88. The largest absolute Gasteiger partial charge is 0.490 e. The van der Waals surface area contributed by atoms with E-state index < -0.39 is 0 Å². The number of rotatable bonds is 7. The second-order valence-electron chi connectivity index (χ2n) is 6.01. The number of hydrogen-bond acceptors (Lipinski definition) is 4. The molecule has 0 atom stereocenters. The van der Waals surface area contributed by atoms with Gasteiger partial charge in [0.1, 0.15) is 0 Å². The molecule has 1 saturated heterocycles. The Kier molecular flexibility index (Phi) is 7.06. The standard InChI is InChI=1S/C18H27N3O4/c1-4-24-16-7-6-15(12-17(16)25-5-2)19-18(23)13-20-8-10-21(11-9-20)14(3)22/h6-7,12H,4-5,8-11,13H2,1-3H3,(H,19,23)/p+1. The summed E-state index contributed by atoms with van der Waals surface area (Å²) in [5.41, 5.74) is 0.693. The molecule has 0 spiro atoms. The third kappa shape index (κ3) is 5.63. The van der Waals surface area contributed by atoms with Crippen molar-refractivity contribution in [2.45, 2.75) is 20.8 Å². The van der Waals surface area contributed by atoms with Crippen LogP contribution in [0.3, 0.4) is 0 Å². The number of anilines is 1. The quantitative estimate of drug-likeness (QED) is 0.735. The van der Waals surface area contributed by atoms with Gasteiger partial charge in [-0.15, -0.1) is 0 Å². The molecular formula is C18H28N3O4+. The van der Waals surface area contributed by atoms with E-state index in [9.17, 15) is 9.59 Å². The molecule has 0 aromatic heterocycles. The highest BCUT2D eigenvalue weighted by Gasteiger charge is 2.23. The number of nitrogens with one attached hydrogen (secondary N) is 2. The summed E-state index contributed by atoms with van der Waals surface area (Å²) in [6, 6.07) is 5.41. The highest BCUT2D eigenvalue weighted by molar-refractivity contribution is 5.91. The molecule has 2 rings (SSSR count). The Labute approximate surface area is 148 Å². The number of carbonyl (C=O) groups is 2. The minimum absolute atomic E-state index is 0.0436. The van der Waals surface area contributed by atoms with Crippen LogP contribution < -0.4 is 19.7 Å². The predicted octanol–water partition coefficient (Wildman–Crippen LogP) is 0.170. The number of nitrogens with zero attached hydrogens (tertiary/aromatic N) is 1. The van der Waals surface area contributed by atoms with Crippen molar-refractivity contribution in [3.05, 3.63) is 18.2 Å². The molecule has 7 heteroatoms. The van der Waals surface area contributed by atoms with E-state index in [1.165, 1.54) is 4.90 Å². The Morgan fingerprint density at radius 1 is 1.12 bits per heavy atom. The van der Waals surface area contributed by atoms with Crippen molar-refractivity contribution in [1.82, 2.24) is 4.90 Å². The summed E-state index contributed by atoms with van der Waals surface area (Å²) in [7, 11) is 0. The summed E-state index contributed by atoms with van der Waals surface area (Å²) in [5, 5.41) is 2.92. The van der Waals surface area contributed by atoms with E-state index in [1.54, 1.807) is 13.0 Å². The maximum atomic E-state index is 12.3. The Hall–Kier alpha value is -2.28. The van der Waals surface area contributed by atoms with Crippen molar-refractivity contribution in [2.75, 3.05) is 51.3 Å². The summed E-state index contributed by atoms with van der Waals surface area (Å²) in [5.74, 6) is 1.36. The molecule has 25 heavy (non-hydrogen) atoms. The van der Waals surface area contributed by atoms with Crippen LogP contribution in [0.5, 0.6) is 11.5 Å². The number of carbonyl (C=O) groups excluding carboxylic acids is 2. The van der Waals surface area contributed by atoms with Crippen LogP contribution in [0.4, 0.5) is 5.69 Å². The van der Waals surface area contributed by atoms with E-state index in [0.29, 0.717) is 50.0 Å². The van der Waals surface area contributed by atoms with Crippen molar-refractivity contribution in [3.63, 3.8) is 0 Å². The van der Waals surface area contributed by atoms with Crippen LogP contribution in [0.1, 0.15) is 20.8 Å². The van der Waals surface area contributed by atoms with Gasteiger partial charge in [0.25, 0.3) is 5.91 Å². The second-order valence-corrected chi connectivity index (χ2v) is 6.01. The van der Waals surface area contributed by atoms with Crippen molar-refractivity contribution < 1.29 is 24.0 Å². The zero-order valence-electron chi connectivity index (χ0n) is 15.3. The molecule has 7 nitrogen and oxygen atoms in total. The first-order valence-corrected chi connectivity index (χ1v) is 8.82. The predicted molar refractivity (Wildman–Crippen MR) is 95.2 cm³/mol. The van der Waals surface area contributed by atoms with Crippen molar-refractivity contribution in [2.24, 2.45) is 0 Å². The van der Waals surface area contributed by atoms with Gasteiger partial charge in [-0.25, -0.2) is 0 Å². The zero-order valence-corrected chi connectivity index (χ0v) is 15.3. The van der Waals surface area contributed by atoms with E-state index in [4.69, 9.17) is 9.47 Å². The van der Waals surface area contributed by atoms with Crippen LogP contribution in [0.25, 0.3) is 0 Å². The van der Waals surface area contributed by atoms with Gasteiger partial charge in [0.15, 0.2) is 18.0 Å². The van der Waals surface area contributed by atoms with Crippen molar-refractivity contribution in [1.29, 1.82) is 0 Å².